The molecule has 0 amide bonds. The molecule has 0 radical (unpaired) electrons. The first-order chi connectivity index (χ1) is 22.5. The number of para-hydroxylation sites is 1. The van der Waals surface area contributed by atoms with Crippen LogP contribution in [0.4, 0.5) is 27.7 Å². The summed E-state index contributed by atoms with van der Waals surface area (Å²) in [5.74, 6) is 1.45. The number of nitrogen functional groups attached to an aromatic ring is 1. The second-order valence-electron chi connectivity index (χ2n) is 12.9. The largest absolute Gasteiger partial charge is 0.482 e. The highest BCUT2D eigenvalue weighted by molar-refractivity contribution is 5.73. The van der Waals surface area contributed by atoms with Gasteiger partial charge in [-0.15, -0.1) is 15.3 Å². The van der Waals surface area contributed by atoms with Crippen LogP contribution in [0.15, 0.2) is 48.5 Å². The number of rotatable bonds is 6. The van der Waals surface area contributed by atoms with Crippen LogP contribution in [0.5, 0.6) is 5.75 Å². The standard InChI is InChI=1S/C34H41FN10O/c1-2-42-17-19-43(20-18-42)24-11-15-44(16-12-24)28-10-9-23(21-27(28)35)37-33-38-32(36)45(41-33)30-22-26-31(40-39-30)25-7-3-4-8-29(25)46-34(26)13-5-6-14-34/h3-4,7-10,21-22,24H,2,5-6,11-20H2,1H3,(H3,36,37,38,41). The maximum atomic E-state index is 15.4. The molecule has 2 aromatic carbocycles. The number of anilines is 4. The monoisotopic (exact) mass is 624 g/mol. The van der Waals surface area contributed by atoms with Gasteiger partial charge in [-0.25, -0.2) is 4.39 Å². The van der Waals surface area contributed by atoms with Crippen molar-refractivity contribution in [1.29, 1.82) is 0 Å². The number of nitrogens with two attached hydrogens (primary N) is 1. The topological polar surface area (TPSA) is 113 Å². The van der Waals surface area contributed by atoms with Gasteiger partial charge >= 0.3 is 0 Å². The van der Waals surface area contributed by atoms with Crippen molar-refractivity contribution in [3.63, 3.8) is 0 Å². The number of hydrogen-bond acceptors (Lipinski definition) is 10. The van der Waals surface area contributed by atoms with Gasteiger partial charge in [0.05, 0.1) is 5.69 Å². The van der Waals surface area contributed by atoms with Crippen molar-refractivity contribution in [1.82, 2.24) is 34.8 Å². The number of nitrogens with zero attached hydrogens (tertiary/aromatic N) is 8. The van der Waals surface area contributed by atoms with Gasteiger partial charge in [0.2, 0.25) is 11.9 Å². The van der Waals surface area contributed by atoms with E-state index < -0.39 is 5.60 Å². The van der Waals surface area contributed by atoms with Crippen molar-refractivity contribution >= 4 is 23.3 Å². The van der Waals surface area contributed by atoms with E-state index >= 15 is 4.39 Å². The van der Waals surface area contributed by atoms with Crippen LogP contribution in [0, 0.1) is 5.82 Å². The summed E-state index contributed by atoms with van der Waals surface area (Å²) >= 11 is 0. The van der Waals surface area contributed by atoms with E-state index in [1.165, 1.54) is 10.7 Å². The fourth-order valence-corrected chi connectivity index (χ4v) is 7.80. The highest BCUT2D eigenvalue weighted by Gasteiger charge is 2.44. The molecule has 0 atom stereocenters. The second kappa shape index (κ2) is 11.8. The molecule has 11 nitrogen and oxygen atoms in total. The van der Waals surface area contributed by atoms with Crippen LogP contribution in [-0.4, -0.2) is 86.6 Å². The number of benzene rings is 2. The number of ether oxygens (including phenoxy) is 1. The minimum absolute atomic E-state index is 0.158. The first kappa shape index (κ1) is 29.1. The summed E-state index contributed by atoms with van der Waals surface area (Å²) in [6.07, 6.45) is 6.10. The Morgan fingerprint density at radius 2 is 1.76 bits per heavy atom. The summed E-state index contributed by atoms with van der Waals surface area (Å²) in [5.41, 5.74) is 9.82. The lowest BCUT2D eigenvalue weighted by molar-refractivity contribution is 0.0704. The fourth-order valence-electron chi connectivity index (χ4n) is 7.80. The molecule has 46 heavy (non-hydrogen) atoms. The Bertz CT molecular complexity index is 1720. The molecule has 4 aliphatic rings. The van der Waals surface area contributed by atoms with Gasteiger partial charge in [0, 0.05) is 62.1 Å². The van der Waals surface area contributed by atoms with Crippen molar-refractivity contribution in [2.24, 2.45) is 0 Å². The molecular weight excluding hydrogens is 583 g/mol. The number of likely N-dealkylation sites (N-methyl/N-ethyl adjacent to an activating group) is 1. The average Bonchev–Trinajstić information content (AvgIpc) is 3.71. The third-order valence-corrected chi connectivity index (χ3v) is 10.4. The molecule has 0 bridgehead atoms. The third-order valence-electron chi connectivity index (χ3n) is 10.4. The van der Waals surface area contributed by atoms with Crippen molar-refractivity contribution in [3.05, 3.63) is 59.9 Å². The zero-order valence-corrected chi connectivity index (χ0v) is 26.3. The Labute approximate surface area is 268 Å². The Kier molecular flexibility index (Phi) is 7.48. The van der Waals surface area contributed by atoms with E-state index in [4.69, 9.17) is 10.5 Å². The predicted molar refractivity (Wildman–Crippen MR) is 176 cm³/mol. The summed E-state index contributed by atoms with van der Waals surface area (Å²) in [7, 11) is 0. The Balaban J connectivity index is 0.968. The summed E-state index contributed by atoms with van der Waals surface area (Å²) in [6, 6.07) is 15.7. The van der Waals surface area contributed by atoms with Gasteiger partial charge in [0.25, 0.3) is 0 Å². The van der Waals surface area contributed by atoms with E-state index in [2.05, 4.69) is 47.2 Å². The lowest BCUT2D eigenvalue weighted by atomic mass is 9.86. The summed E-state index contributed by atoms with van der Waals surface area (Å²) in [4.78, 5) is 11.7. The van der Waals surface area contributed by atoms with E-state index in [9.17, 15) is 0 Å². The summed E-state index contributed by atoms with van der Waals surface area (Å²) in [6.45, 7) is 9.60. The molecule has 4 aromatic rings. The third kappa shape index (κ3) is 5.23. The smallest absolute Gasteiger partial charge is 0.248 e. The SMILES string of the molecule is CCN1CCN(C2CCN(c3ccc(Nc4nc(N)n(-c5cc6c(nn5)-c5ccccc5OC65CCCC5)n4)cc3F)CC2)CC1. The van der Waals surface area contributed by atoms with Crippen LogP contribution < -0.4 is 20.7 Å². The molecule has 12 heteroatoms. The van der Waals surface area contributed by atoms with Crippen LogP contribution in [0.3, 0.4) is 0 Å². The van der Waals surface area contributed by atoms with Crippen LogP contribution in [-0.2, 0) is 5.60 Å². The van der Waals surface area contributed by atoms with Crippen molar-refractivity contribution < 1.29 is 9.13 Å². The second-order valence-corrected chi connectivity index (χ2v) is 12.9. The van der Waals surface area contributed by atoms with E-state index in [1.54, 1.807) is 0 Å². The van der Waals surface area contributed by atoms with Crippen molar-refractivity contribution in [2.75, 3.05) is 61.8 Å². The molecule has 5 heterocycles. The molecule has 2 saturated heterocycles. The normalized spacial score (nSPS) is 20.0. The molecule has 240 valence electrons. The van der Waals surface area contributed by atoms with Crippen molar-refractivity contribution in [2.45, 2.75) is 57.1 Å². The molecule has 3 aliphatic heterocycles. The number of piperidine rings is 1. The van der Waals surface area contributed by atoms with E-state index in [0.29, 0.717) is 23.2 Å². The molecule has 1 spiro atoms. The van der Waals surface area contributed by atoms with Gasteiger partial charge in [0.15, 0.2) is 5.82 Å². The number of nitrogens with one attached hydrogen (secondary N) is 1. The number of halogens is 1. The van der Waals surface area contributed by atoms with Crippen LogP contribution in [0.25, 0.3) is 17.1 Å². The van der Waals surface area contributed by atoms with Gasteiger partial charge in [-0.2, -0.15) is 9.67 Å². The van der Waals surface area contributed by atoms with Crippen LogP contribution in [0.1, 0.15) is 51.0 Å². The summed E-state index contributed by atoms with van der Waals surface area (Å²) in [5, 5.41) is 16.8. The molecule has 0 unspecified atom stereocenters. The molecule has 1 saturated carbocycles. The lowest BCUT2D eigenvalue weighted by Gasteiger charge is -2.43. The lowest BCUT2D eigenvalue weighted by Crippen LogP contribution is -2.53. The molecule has 3 fully saturated rings. The minimum atomic E-state index is -0.441. The summed E-state index contributed by atoms with van der Waals surface area (Å²) < 4.78 is 23.5. The Morgan fingerprint density at radius 1 is 0.978 bits per heavy atom. The van der Waals surface area contributed by atoms with E-state index in [0.717, 1.165) is 107 Å². The zero-order chi connectivity index (χ0) is 31.3. The first-order valence-electron chi connectivity index (χ1n) is 16.7. The maximum Gasteiger partial charge on any atom is 0.248 e. The van der Waals surface area contributed by atoms with Gasteiger partial charge in [-0.05, 0) is 81.5 Å². The van der Waals surface area contributed by atoms with Gasteiger partial charge in [-0.1, -0.05) is 19.1 Å². The highest BCUT2D eigenvalue weighted by atomic mass is 19.1. The molecular formula is C34H41FN10O. The average molecular weight is 625 g/mol. The van der Waals surface area contributed by atoms with Crippen LogP contribution >= 0.6 is 0 Å². The zero-order valence-electron chi connectivity index (χ0n) is 26.3. The number of piperazine rings is 1. The van der Waals surface area contributed by atoms with Gasteiger partial charge < -0.3 is 25.6 Å². The van der Waals surface area contributed by atoms with Gasteiger partial charge in [-0.3, -0.25) is 4.90 Å². The van der Waals surface area contributed by atoms with Gasteiger partial charge in [0.1, 0.15) is 22.9 Å². The Hall–Kier alpha value is -4.29. The van der Waals surface area contributed by atoms with Crippen molar-refractivity contribution in [3.8, 4) is 22.8 Å². The predicted octanol–water partition coefficient (Wildman–Crippen LogP) is 4.96. The van der Waals surface area contributed by atoms with E-state index in [-0.39, 0.29) is 17.7 Å². The molecule has 3 N–H and O–H groups in total. The number of aromatic nitrogens is 5. The molecule has 1 aliphatic carbocycles. The first-order valence-corrected chi connectivity index (χ1v) is 16.7. The van der Waals surface area contributed by atoms with Crippen LogP contribution in [0.2, 0.25) is 0 Å². The quantitative estimate of drug-likeness (QED) is 0.305. The molecule has 2 aromatic heterocycles. The highest BCUT2D eigenvalue weighted by Crippen LogP contribution is 2.51. The minimum Gasteiger partial charge on any atom is -0.482 e. The number of hydrogen-bond donors (Lipinski definition) is 2. The number of fused-ring (bicyclic) bond motifs is 4. The fraction of sp³-hybridized carbons (Fsp3) is 0.471. The molecule has 8 rings (SSSR count). The Morgan fingerprint density at radius 3 is 2.52 bits per heavy atom. The maximum absolute atomic E-state index is 15.4. The van der Waals surface area contributed by atoms with E-state index in [1.807, 2.05) is 42.5 Å².